The van der Waals surface area contributed by atoms with Gasteiger partial charge in [-0.3, -0.25) is 0 Å². The van der Waals surface area contributed by atoms with Crippen molar-refractivity contribution in [1.29, 1.82) is 0 Å². The minimum atomic E-state index is -4.39. The average molecular weight is 314 g/mol. The molecule has 0 heterocycles. The van der Waals surface area contributed by atoms with E-state index in [-0.39, 0.29) is 16.3 Å². The number of hydrogen-bond donors (Lipinski definition) is 1. The largest absolute Gasteiger partial charge is 0.483 e. The molecule has 0 unspecified atom stereocenters. The number of nitrogens with two attached hydrogens (primary N) is 1. The molecular formula is C9H7BrF3NOS. The Bertz CT molecular complexity index is 408. The average Bonchev–Trinajstić information content (AvgIpc) is 2.12. The zero-order chi connectivity index (χ0) is 12.3. The molecule has 0 bridgehead atoms. The van der Waals surface area contributed by atoms with E-state index in [4.69, 9.17) is 18.0 Å². The first-order valence-corrected chi connectivity index (χ1v) is 5.29. The Hall–Kier alpha value is -0.820. The number of benzene rings is 1. The standard InChI is InChI=1S/C9H7BrF3NOS/c10-5-2-1-3-6(7(5)8(14)16)15-4-9(11,12)13/h1-3H,4H2,(H2,14,16). The van der Waals surface area contributed by atoms with Crippen LogP contribution in [0.4, 0.5) is 13.2 Å². The van der Waals surface area contributed by atoms with Crippen LogP contribution in [0.3, 0.4) is 0 Å². The number of alkyl halides is 3. The molecule has 2 N–H and O–H groups in total. The molecule has 2 nitrogen and oxygen atoms in total. The molecule has 0 radical (unpaired) electrons. The molecular weight excluding hydrogens is 307 g/mol. The monoisotopic (exact) mass is 313 g/mol. The second kappa shape index (κ2) is 5.01. The van der Waals surface area contributed by atoms with E-state index in [1.807, 2.05) is 0 Å². The third-order valence-corrected chi connectivity index (χ3v) is 2.48. The van der Waals surface area contributed by atoms with Gasteiger partial charge in [-0.05, 0) is 28.1 Å². The predicted octanol–water partition coefficient (Wildman–Crippen LogP) is 3.02. The van der Waals surface area contributed by atoms with Crippen molar-refractivity contribution < 1.29 is 17.9 Å². The van der Waals surface area contributed by atoms with Gasteiger partial charge in [-0.1, -0.05) is 18.3 Å². The molecule has 1 aromatic rings. The van der Waals surface area contributed by atoms with Gasteiger partial charge in [0.2, 0.25) is 0 Å². The maximum atomic E-state index is 12.0. The predicted molar refractivity (Wildman–Crippen MR) is 61.6 cm³/mol. The molecule has 0 saturated carbocycles. The van der Waals surface area contributed by atoms with Gasteiger partial charge in [0.1, 0.15) is 10.7 Å². The second-order valence-corrected chi connectivity index (χ2v) is 4.18. The van der Waals surface area contributed by atoms with E-state index in [1.54, 1.807) is 6.07 Å². The highest BCUT2D eigenvalue weighted by Crippen LogP contribution is 2.28. The Labute approximate surface area is 104 Å². The van der Waals surface area contributed by atoms with E-state index >= 15 is 0 Å². The zero-order valence-corrected chi connectivity index (χ0v) is 10.2. The summed E-state index contributed by atoms with van der Waals surface area (Å²) in [5.41, 5.74) is 5.66. The van der Waals surface area contributed by atoms with Crippen molar-refractivity contribution in [2.45, 2.75) is 6.18 Å². The molecule has 88 valence electrons. The van der Waals surface area contributed by atoms with Crippen LogP contribution in [0, 0.1) is 0 Å². The van der Waals surface area contributed by atoms with Crippen LogP contribution in [-0.2, 0) is 0 Å². The molecule has 0 fully saturated rings. The highest BCUT2D eigenvalue weighted by molar-refractivity contribution is 9.10. The fraction of sp³-hybridized carbons (Fsp3) is 0.222. The Balaban J connectivity index is 2.96. The molecule has 0 spiro atoms. The summed E-state index contributed by atoms with van der Waals surface area (Å²) >= 11 is 7.87. The summed E-state index contributed by atoms with van der Waals surface area (Å²) in [7, 11) is 0. The smallest absolute Gasteiger partial charge is 0.422 e. The van der Waals surface area contributed by atoms with E-state index < -0.39 is 12.8 Å². The normalized spacial score (nSPS) is 11.2. The van der Waals surface area contributed by atoms with Gasteiger partial charge in [0.25, 0.3) is 0 Å². The maximum absolute atomic E-state index is 12.0. The third-order valence-electron chi connectivity index (χ3n) is 1.61. The number of rotatable bonds is 3. The van der Waals surface area contributed by atoms with Crippen molar-refractivity contribution in [3.63, 3.8) is 0 Å². The van der Waals surface area contributed by atoms with Crippen LogP contribution in [0.5, 0.6) is 5.75 Å². The number of halogens is 4. The first-order chi connectivity index (χ1) is 7.31. The summed E-state index contributed by atoms with van der Waals surface area (Å²) in [5.74, 6) is 0.0131. The first kappa shape index (κ1) is 13.2. The topological polar surface area (TPSA) is 35.2 Å². The van der Waals surface area contributed by atoms with Gasteiger partial charge in [0.05, 0.1) is 5.56 Å². The Kier molecular flexibility index (Phi) is 4.15. The van der Waals surface area contributed by atoms with Crippen molar-refractivity contribution in [3.8, 4) is 5.75 Å². The van der Waals surface area contributed by atoms with Crippen molar-refractivity contribution >= 4 is 33.1 Å². The molecule has 0 saturated heterocycles. The Morgan fingerprint density at radius 2 is 2.06 bits per heavy atom. The van der Waals surface area contributed by atoms with Gasteiger partial charge in [-0.15, -0.1) is 0 Å². The number of ether oxygens (including phenoxy) is 1. The van der Waals surface area contributed by atoms with E-state index in [9.17, 15) is 13.2 Å². The maximum Gasteiger partial charge on any atom is 0.422 e. The molecule has 0 aliphatic heterocycles. The van der Waals surface area contributed by atoms with Gasteiger partial charge in [0, 0.05) is 4.47 Å². The Morgan fingerprint density at radius 3 is 2.56 bits per heavy atom. The Morgan fingerprint density at radius 1 is 1.44 bits per heavy atom. The molecule has 0 atom stereocenters. The van der Waals surface area contributed by atoms with Crippen LogP contribution in [0.1, 0.15) is 5.56 Å². The molecule has 7 heteroatoms. The fourth-order valence-electron chi connectivity index (χ4n) is 1.02. The summed E-state index contributed by atoms with van der Waals surface area (Å²) in [4.78, 5) is -0.0235. The van der Waals surface area contributed by atoms with Crippen molar-refractivity contribution in [1.82, 2.24) is 0 Å². The summed E-state index contributed by atoms with van der Waals surface area (Å²) in [5, 5.41) is 0. The highest BCUT2D eigenvalue weighted by atomic mass is 79.9. The van der Waals surface area contributed by atoms with Crippen LogP contribution in [0.25, 0.3) is 0 Å². The molecule has 0 aromatic heterocycles. The van der Waals surface area contributed by atoms with Crippen LogP contribution < -0.4 is 10.5 Å². The minimum absolute atomic E-state index is 0.0131. The molecule has 1 aromatic carbocycles. The third kappa shape index (κ3) is 3.64. The molecule has 0 aliphatic carbocycles. The van der Waals surface area contributed by atoms with Gasteiger partial charge in [-0.25, -0.2) is 0 Å². The van der Waals surface area contributed by atoms with E-state index in [0.29, 0.717) is 4.47 Å². The first-order valence-electron chi connectivity index (χ1n) is 4.09. The van der Waals surface area contributed by atoms with Crippen molar-refractivity contribution in [3.05, 3.63) is 28.2 Å². The van der Waals surface area contributed by atoms with Gasteiger partial charge >= 0.3 is 6.18 Å². The summed E-state index contributed by atoms with van der Waals surface area (Å²) in [6.45, 7) is -1.38. The van der Waals surface area contributed by atoms with Crippen molar-refractivity contribution in [2.75, 3.05) is 6.61 Å². The summed E-state index contributed by atoms with van der Waals surface area (Å²) < 4.78 is 41.0. The second-order valence-electron chi connectivity index (χ2n) is 2.88. The van der Waals surface area contributed by atoms with E-state index in [0.717, 1.165) is 0 Å². The zero-order valence-electron chi connectivity index (χ0n) is 7.84. The number of thiocarbonyl (C=S) groups is 1. The van der Waals surface area contributed by atoms with Crippen LogP contribution in [-0.4, -0.2) is 17.8 Å². The van der Waals surface area contributed by atoms with E-state index in [1.165, 1.54) is 12.1 Å². The van der Waals surface area contributed by atoms with Gasteiger partial charge in [-0.2, -0.15) is 13.2 Å². The lowest BCUT2D eigenvalue weighted by atomic mass is 10.2. The van der Waals surface area contributed by atoms with Crippen LogP contribution in [0.2, 0.25) is 0 Å². The molecule has 1 rings (SSSR count). The molecule has 0 aliphatic rings. The summed E-state index contributed by atoms with van der Waals surface area (Å²) in [6, 6.07) is 4.54. The van der Waals surface area contributed by atoms with Crippen LogP contribution >= 0.6 is 28.1 Å². The number of hydrogen-bond acceptors (Lipinski definition) is 2. The fourth-order valence-corrected chi connectivity index (χ4v) is 1.93. The summed E-state index contributed by atoms with van der Waals surface area (Å²) in [6.07, 6.45) is -4.39. The molecule has 0 amide bonds. The van der Waals surface area contributed by atoms with Gasteiger partial charge < -0.3 is 10.5 Å². The van der Waals surface area contributed by atoms with Gasteiger partial charge in [0.15, 0.2) is 6.61 Å². The minimum Gasteiger partial charge on any atom is -0.483 e. The lowest BCUT2D eigenvalue weighted by Crippen LogP contribution is -2.21. The van der Waals surface area contributed by atoms with Crippen molar-refractivity contribution in [2.24, 2.45) is 5.73 Å². The highest BCUT2D eigenvalue weighted by Gasteiger charge is 2.29. The SMILES string of the molecule is NC(=S)c1c(Br)cccc1OCC(F)(F)F. The molecule has 16 heavy (non-hydrogen) atoms. The van der Waals surface area contributed by atoms with E-state index in [2.05, 4.69) is 20.7 Å². The lowest BCUT2D eigenvalue weighted by molar-refractivity contribution is -0.153. The lowest BCUT2D eigenvalue weighted by Gasteiger charge is -2.13. The van der Waals surface area contributed by atoms with Crippen LogP contribution in [0.15, 0.2) is 22.7 Å². The quantitative estimate of drug-likeness (QED) is 0.871.